The fourth-order valence-corrected chi connectivity index (χ4v) is 4.97. The number of aryl methyl sites for hydroxylation is 3. The molecule has 0 unspecified atom stereocenters. The van der Waals surface area contributed by atoms with Gasteiger partial charge in [0.1, 0.15) is 17.8 Å². The van der Waals surface area contributed by atoms with Crippen molar-refractivity contribution in [1.82, 2.24) is 25.0 Å². The standard InChI is InChI=1S/C29H25N5O3/c1-17-6-5-8-20(14-17)27-32-29(37-33-27)23-15-34(28-22(26(23)36)12-10-18(2)30-28)16-25(35)31-24-13-11-19-7-3-4-9-21(19)24/h3-10,12,14-15,24H,11,13,16H2,1-2H3,(H,31,35)/t24-/m1/s1. The Morgan fingerprint density at radius 3 is 2.81 bits per heavy atom. The normalized spacial score (nSPS) is 14.6. The Balaban J connectivity index is 1.36. The highest BCUT2D eigenvalue weighted by Crippen LogP contribution is 2.30. The van der Waals surface area contributed by atoms with Crippen LogP contribution in [0.25, 0.3) is 33.9 Å². The second-order valence-corrected chi connectivity index (χ2v) is 9.47. The lowest BCUT2D eigenvalue weighted by Gasteiger charge is -2.16. The molecule has 0 aliphatic heterocycles. The fourth-order valence-electron chi connectivity index (χ4n) is 4.97. The number of hydrogen-bond donors (Lipinski definition) is 1. The van der Waals surface area contributed by atoms with E-state index in [1.54, 1.807) is 22.9 Å². The van der Waals surface area contributed by atoms with Gasteiger partial charge in [-0.15, -0.1) is 0 Å². The molecule has 37 heavy (non-hydrogen) atoms. The van der Waals surface area contributed by atoms with Crippen molar-refractivity contribution in [2.24, 2.45) is 0 Å². The van der Waals surface area contributed by atoms with Gasteiger partial charge in [-0.3, -0.25) is 9.59 Å². The van der Waals surface area contributed by atoms with Crippen molar-refractivity contribution in [3.05, 3.63) is 99.5 Å². The Labute approximate surface area is 213 Å². The highest BCUT2D eigenvalue weighted by molar-refractivity contribution is 5.83. The van der Waals surface area contributed by atoms with Crippen LogP contribution >= 0.6 is 0 Å². The van der Waals surface area contributed by atoms with Crippen LogP contribution in [0.4, 0.5) is 0 Å². The van der Waals surface area contributed by atoms with E-state index in [-0.39, 0.29) is 35.4 Å². The summed E-state index contributed by atoms with van der Waals surface area (Å²) in [6.45, 7) is 3.83. The summed E-state index contributed by atoms with van der Waals surface area (Å²) in [5.74, 6) is 0.333. The number of nitrogens with one attached hydrogen (secondary N) is 1. The summed E-state index contributed by atoms with van der Waals surface area (Å²) in [4.78, 5) is 35.6. The zero-order chi connectivity index (χ0) is 25.5. The van der Waals surface area contributed by atoms with Crippen LogP contribution in [-0.2, 0) is 17.8 Å². The van der Waals surface area contributed by atoms with E-state index in [0.29, 0.717) is 16.9 Å². The first kappa shape index (κ1) is 22.8. The van der Waals surface area contributed by atoms with Gasteiger partial charge in [0.05, 0.1) is 11.4 Å². The van der Waals surface area contributed by atoms with Crippen molar-refractivity contribution in [1.29, 1.82) is 0 Å². The van der Waals surface area contributed by atoms with Gasteiger partial charge in [0.15, 0.2) is 0 Å². The molecule has 1 atom stereocenters. The zero-order valence-electron chi connectivity index (χ0n) is 20.6. The molecule has 0 spiro atoms. The molecule has 1 amide bonds. The third kappa shape index (κ3) is 4.31. The number of amides is 1. The van der Waals surface area contributed by atoms with E-state index in [1.165, 1.54) is 5.56 Å². The summed E-state index contributed by atoms with van der Waals surface area (Å²) >= 11 is 0. The van der Waals surface area contributed by atoms with Crippen molar-refractivity contribution < 1.29 is 9.32 Å². The largest absolute Gasteiger partial charge is 0.348 e. The molecule has 0 bridgehead atoms. The molecule has 1 aliphatic carbocycles. The van der Waals surface area contributed by atoms with Gasteiger partial charge in [0.2, 0.25) is 17.2 Å². The van der Waals surface area contributed by atoms with Crippen LogP contribution < -0.4 is 10.7 Å². The SMILES string of the molecule is Cc1cccc(-c2noc(-c3cn(CC(=O)N[C@@H]4CCc5ccccc54)c4nc(C)ccc4c3=O)n2)c1. The maximum absolute atomic E-state index is 13.4. The summed E-state index contributed by atoms with van der Waals surface area (Å²) in [5.41, 5.74) is 5.42. The average Bonchev–Trinajstić information content (AvgIpc) is 3.54. The van der Waals surface area contributed by atoms with E-state index in [1.807, 2.05) is 50.2 Å². The maximum atomic E-state index is 13.4. The number of pyridine rings is 2. The molecule has 0 fully saturated rings. The van der Waals surface area contributed by atoms with Crippen molar-refractivity contribution >= 4 is 16.9 Å². The van der Waals surface area contributed by atoms with E-state index >= 15 is 0 Å². The predicted octanol–water partition coefficient (Wildman–Crippen LogP) is 4.53. The van der Waals surface area contributed by atoms with Crippen LogP contribution in [0.5, 0.6) is 0 Å². The molecule has 184 valence electrons. The van der Waals surface area contributed by atoms with E-state index in [0.717, 1.165) is 35.2 Å². The number of nitrogens with zero attached hydrogens (tertiary/aromatic N) is 4. The van der Waals surface area contributed by atoms with Gasteiger partial charge in [-0.25, -0.2) is 4.98 Å². The van der Waals surface area contributed by atoms with E-state index in [9.17, 15) is 9.59 Å². The second kappa shape index (κ2) is 9.13. The van der Waals surface area contributed by atoms with Crippen LogP contribution in [0.15, 0.2) is 76.2 Å². The molecule has 0 saturated carbocycles. The second-order valence-electron chi connectivity index (χ2n) is 9.47. The number of hydrogen-bond acceptors (Lipinski definition) is 6. The summed E-state index contributed by atoms with van der Waals surface area (Å²) in [6, 6.07) is 19.4. The quantitative estimate of drug-likeness (QED) is 0.387. The first-order valence-corrected chi connectivity index (χ1v) is 12.3. The van der Waals surface area contributed by atoms with Gasteiger partial charge < -0.3 is 14.4 Å². The average molecular weight is 492 g/mol. The number of aromatic nitrogens is 4. The molecule has 0 radical (unpaired) electrons. The van der Waals surface area contributed by atoms with Crippen LogP contribution in [0.1, 0.15) is 34.8 Å². The van der Waals surface area contributed by atoms with Crippen molar-refractivity contribution in [2.75, 3.05) is 0 Å². The van der Waals surface area contributed by atoms with Crippen molar-refractivity contribution in [3.63, 3.8) is 0 Å². The summed E-state index contributed by atoms with van der Waals surface area (Å²) in [5, 5.41) is 7.63. The highest BCUT2D eigenvalue weighted by Gasteiger charge is 2.24. The first-order valence-electron chi connectivity index (χ1n) is 12.3. The number of carbonyl (C=O) groups is 1. The molecule has 0 saturated heterocycles. The zero-order valence-corrected chi connectivity index (χ0v) is 20.6. The van der Waals surface area contributed by atoms with Gasteiger partial charge in [-0.1, -0.05) is 53.2 Å². The topological polar surface area (TPSA) is 103 Å². The number of fused-ring (bicyclic) bond motifs is 2. The molecular formula is C29H25N5O3. The number of rotatable bonds is 5. The molecule has 3 heterocycles. The van der Waals surface area contributed by atoms with Gasteiger partial charge in [0.25, 0.3) is 5.89 Å². The van der Waals surface area contributed by atoms with Crippen molar-refractivity contribution in [2.45, 2.75) is 39.3 Å². The molecule has 8 nitrogen and oxygen atoms in total. The summed E-state index contributed by atoms with van der Waals surface area (Å²) in [6.07, 6.45) is 3.39. The molecule has 1 N–H and O–H groups in total. The molecule has 1 aliphatic rings. The minimum atomic E-state index is -0.275. The van der Waals surface area contributed by atoms with Gasteiger partial charge in [-0.2, -0.15) is 4.98 Å². The van der Waals surface area contributed by atoms with E-state index in [2.05, 4.69) is 32.6 Å². The Bertz CT molecular complexity index is 1720. The lowest BCUT2D eigenvalue weighted by Crippen LogP contribution is -2.31. The number of benzene rings is 2. The van der Waals surface area contributed by atoms with Gasteiger partial charge in [0, 0.05) is 17.5 Å². The molecule has 2 aromatic carbocycles. The van der Waals surface area contributed by atoms with Gasteiger partial charge >= 0.3 is 0 Å². The minimum absolute atomic E-state index is 0.00221. The Hall–Kier alpha value is -4.59. The molecule has 6 rings (SSSR count). The molecule has 5 aromatic rings. The Morgan fingerprint density at radius 1 is 1.08 bits per heavy atom. The fraction of sp³-hybridized carbons (Fsp3) is 0.207. The monoisotopic (exact) mass is 491 g/mol. The van der Waals surface area contributed by atoms with Crippen LogP contribution in [0, 0.1) is 13.8 Å². The summed E-state index contributed by atoms with van der Waals surface area (Å²) in [7, 11) is 0. The smallest absolute Gasteiger partial charge is 0.263 e. The van der Waals surface area contributed by atoms with Crippen LogP contribution in [0.3, 0.4) is 0 Å². The molecular weight excluding hydrogens is 466 g/mol. The third-order valence-corrected chi connectivity index (χ3v) is 6.78. The van der Waals surface area contributed by atoms with Crippen molar-refractivity contribution in [3.8, 4) is 22.8 Å². The highest BCUT2D eigenvalue weighted by atomic mass is 16.5. The predicted molar refractivity (Wildman–Crippen MR) is 140 cm³/mol. The maximum Gasteiger partial charge on any atom is 0.263 e. The molecule has 3 aromatic heterocycles. The van der Waals surface area contributed by atoms with E-state index < -0.39 is 0 Å². The third-order valence-electron chi connectivity index (χ3n) is 6.78. The molecule has 8 heteroatoms. The summed E-state index contributed by atoms with van der Waals surface area (Å²) < 4.78 is 7.20. The lowest BCUT2D eigenvalue weighted by molar-refractivity contribution is -0.122. The Morgan fingerprint density at radius 2 is 1.95 bits per heavy atom. The minimum Gasteiger partial charge on any atom is -0.348 e. The van der Waals surface area contributed by atoms with Crippen LogP contribution in [-0.4, -0.2) is 25.6 Å². The van der Waals surface area contributed by atoms with E-state index in [4.69, 9.17) is 4.52 Å². The first-order chi connectivity index (χ1) is 18.0. The van der Waals surface area contributed by atoms with Crippen LogP contribution in [0.2, 0.25) is 0 Å². The Kier molecular flexibility index (Phi) is 5.64. The van der Waals surface area contributed by atoms with Gasteiger partial charge in [-0.05, 0) is 56.0 Å². The number of carbonyl (C=O) groups excluding carboxylic acids is 1. The lowest BCUT2D eigenvalue weighted by atomic mass is 10.1.